The van der Waals surface area contributed by atoms with Crippen LogP contribution in [0.4, 0.5) is 0 Å². The molecule has 0 saturated carbocycles. The molecule has 6 nitrogen and oxygen atoms in total. The Hall–Kier alpha value is -1.40. The monoisotopic (exact) mass is 264 g/mol. The highest BCUT2D eigenvalue weighted by Gasteiger charge is 2.34. The van der Waals surface area contributed by atoms with Crippen molar-refractivity contribution in [1.82, 2.24) is 20.4 Å². The maximum absolute atomic E-state index is 12.0. The van der Waals surface area contributed by atoms with Gasteiger partial charge in [-0.15, -0.1) is 0 Å². The van der Waals surface area contributed by atoms with Crippen LogP contribution >= 0.6 is 0 Å². The lowest BCUT2D eigenvalue weighted by Gasteiger charge is -2.34. The van der Waals surface area contributed by atoms with Crippen molar-refractivity contribution in [3.8, 4) is 0 Å². The molecule has 0 bridgehead atoms. The highest BCUT2D eigenvalue weighted by Crippen LogP contribution is 2.19. The summed E-state index contributed by atoms with van der Waals surface area (Å²) in [4.78, 5) is 14.5. The zero-order valence-corrected chi connectivity index (χ0v) is 11.0. The molecular weight excluding hydrogens is 244 g/mol. The summed E-state index contributed by atoms with van der Waals surface area (Å²) in [6, 6.07) is 0.400. The van der Waals surface area contributed by atoms with Gasteiger partial charge in [-0.2, -0.15) is 5.10 Å². The number of rotatable bonds is 3. The maximum atomic E-state index is 12.0. The van der Waals surface area contributed by atoms with E-state index in [1.807, 2.05) is 0 Å². The van der Waals surface area contributed by atoms with Crippen molar-refractivity contribution in [3.05, 3.63) is 18.0 Å². The number of hydrogen-bond donors (Lipinski definition) is 2. The zero-order valence-electron chi connectivity index (χ0n) is 11.0. The smallest absolute Gasteiger partial charge is 0.254 e. The van der Waals surface area contributed by atoms with E-state index in [2.05, 4.69) is 20.4 Å². The molecular formula is C13H20N4O2. The predicted octanol–water partition coefficient (Wildman–Crippen LogP) is 0.393. The zero-order chi connectivity index (χ0) is 13.1. The lowest BCUT2D eigenvalue weighted by molar-refractivity contribution is 0.0900. The van der Waals surface area contributed by atoms with Crippen LogP contribution in [0.2, 0.25) is 0 Å². The third-order valence-electron chi connectivity index (χ3n) is 3.99. The second kappa shape index (κ2) is 5.71. The first kappa shape index (κ1) is 12.6. The summed E-state index contributed by atoms with van der Waals surface area (Å²) in [5.74, 6) is -0.0775. The fraction of sp³-hybridized carbons (Fsp3) is 0.692. The van der Waals surface area contributed by atoms with Crippen LogP contribution in [0.1, 0.15) is 29.6 Å². The number of piperidine rings is 1. The van der Waals surface area contributed by atoms with Gasteiger partial charge < -0.3 is 10.1 Å². The number of hydrogen-bond acceptors (Lipinski definition) is 4. The van der Waals surface area contributed by atoms with Crippen LogP contribution in [0.5, 0.6) is 0 Å². The van der Waals surface area contributed by atoms with E-state index in [4.69, 9.17) is 4.74 Å². The molecule has 0 aliphatic carbocycles. The summed E-state index contributed by atoms with van der Waals surface area (Å²) in [5, 5.41) is 9.52. The number of amides is 1. The van der Waals surface area contributed by atoms with Crippen molar-refractivity contribution in [1.29, 1.82) is 0 Å². The molecule has 0 aromatic carbocycles. The van der Waals surface area contributed by atoms with Crippen LogP contribution in [0.3, 0.4) is 0 Å². The van der Waals surface area contributed by atoms with Crippen LogP contribution in [0.15, 0.2) is 12.4 Å². The Morgan fingerprint density at radius 3 is 2.95 bits per heavy atom. The second-order valence-electron chi connectivity index (χ2n) is 5.27. The van der Waals surface area contributed by atoms with Crippen LogP contribution in [-0.2, 0) is 4.74 Å². The number of H-pyrrole nitrogens is 1. The number of nitrogens with one attached hydrogen (secondary N) is 2. The molecule has 0 unspecified atom stereocenters. The van der Waals surface area contributed by atoms with Crippen molar-refractivity contribution < 1.29 is 9.53 Å². The van der Waals surface area contributed by atoms with Gasteiger partial charge in [0.15, 0.2) is 0 Å². The molecule has 1 aromatic heterocycles. The Balaban J connectivity index is 1.61. The van der Waals surface area contributed by atoms with Gasteiger partial charge in [0, 0.05) is 6.20 Å². The molecule has 19 heavy (non-hydrogen) atoms. The van der Waals surface area contributed by atoms with E-state index in [1.54, 1.807) is 12.4 Å². The minimum Gasteiger partial charge on any atom is -0.378 e. The van der Waals surface area contributed by atoms with Gasteiger partial charge >= 0.3 is 0 Å². The molecule has 2 saturated heterocycles. The number of carbonyl (C=O) groups excluding carboxylic acids is 1. The number of ether oxygens (including phenoxy) is 1. The minimum atomic E-state index is -0.0775. The van der Waals surface area contributed by atoms with Gasteiger partial charge in [-0.3, -0.25) is 14.8 Å². The summed E-state index contributed by atoms with van der Waals surface area (Å²) in [5.41, 5.74) is 0.573. The molecule has 1 aromatic rings. The predicted molar refractivity (Wildman–Crippen MR) is 69.9 cm³/mol. The van der Waals surface area contributed by atoms with Gasteiger partial charge in [0.2, 0.25) is 0 Å². The number of aromatic nitrogens is 2. The van der Waals surface area contributed by atoms with Gasteiger partial charge in [0.05, 0.1) is 37.1 Å². The van der Waals surface area contributed by atoms with E-state index in [0.717, 1.165) is 19.7 Å². The van der Waals surface area contributed by atoms with Crippen LogP contribution < -0.4 is 5.32 Å². The largest absolute Gasteiger partial charge is 0.378 e. The minimum absolute atomic E-state index is 0.0775. The summed E-state index contributed by atoms with van der Waals surface area (Å²) in [6.45, 7) is 3.55. The van der Waals surface area contributed by atoms with Gasteiger partial charge in [0.25, 0.3) is 5.91 Å². The van der Waals surface area contributed by atoms with Crippen molar-refractivity contribution >= 4 is 5.91 Å². The first-order valence-electron chi connectivity index (χ1n) is 6.96. The van der Waals surface area contributed by atoms with E-state index in [9.17, 15) is 4.79 Å². The molecule has 2 aliphatic rings. The SMILES string of the molecule is O=C(N[C@H]1COC[C@@H]1N1CCCCC1)c1cn[nH]c1. The van der Waals surface area contributed by atoms with Crippen LogP contribution in [-0.4, -0.2) is 59.4 Å². The molecule has 0 radical (unpaired) electrons. The maximum Gasteiger partial charge on any atom is 0.254 e. The number of likely N-dealkylation sites (tertiary alicyclic amines) is 1. The molecule has 6 heteroatoms. The molecule has 3 rings (SSSR count). The highest BCUT2D eigenvalue weighted by atomic mass is 16.5. The van der Waals surface area contributed by atoms with Crippen LogP contribution in [0.25, 0.3) is 0 Å². The van der Waals surface area contributed by atoms with E-state index in [0.29, 0.717) is 18.2 Å². The summed E-state index contributed by atoms with van der Waals surface area (Å²) in [7, 11) is 0. The Bertz CT molecular complexity index is 414. The Kier molecular flexibility index (Phi) is 3.79. The molecule has 0 spiro atoms. The molecule has 2 fully saturated rings. The van der Waals surface area contributed by atoms with Gasteiger partial charge in [-0.05, 0) is 25.9 Å². The van der Waals surface area contributed by atoms with Crippen molar-refractivity contribution in [2.45, 2.75) is 31.3 Å². The van der Waals surface area contributed by atoms with E-state index < -0.39 is 0 Å². The van der Waals surface area contributed by atoms with Crippen molar-refractivity contribution in [3.63, 3.8) is 0 Å². The third kappa shape index (κ3) is 2.79. The summed E-state index contributed by atoms with van der Waals surface area (Å²) < 4.78 is 5.56. The number of carbonyl (C=O) groups is 1. The average molecular weight is 264 g/mol. The van der Waals surface area contributed by atoms with E-state index in [-0.39, 0.29) is 11.9 Å². The molecule has 104 valence electrons. The Labute approximate surface area is 112 Å². The van der Waals surface area contributed by atoms with Gasteiger partial charge in [-0.25, -0.2) is 0 Å². The fourth-order valence-electron chi connectivity index (χ4n) is 2.92. The molecule has 2 N–H and O–H groups in total. The van der Waals surface area contributed by atoms with Gasteiger partial charge in [0.1, 0.15) is 0 Å². The van der Waals surface area contributed by atoms with E-state index in [1.165, 1.54) is 19.3 Å². The molecule has 3 heterocycles. The Morgan fingerprint density at radius 2 is 2.21 bits per heavy atom. The topological polar surface area (TPSA) is 70.2 Å². The highest BCUT2D eigenvalue weighted by molar-refractivity contribution is 5.93. The Morgan fingerprint density at radius 1 is 1.37 bits per heavy atom. The normalized spacial score (nSPS) is 28.4. The third-order valence-corrected chi connectivity index (χ3v) is 3.99. The first-order valence-corrected chi connectivity index (χ1v) is 6.96. The lowest BCUT2D eigenvalue weighted by Crippen LogP contribution is -2.52. The summed E-state index contributed by atoms with van der Waals surface area (Å²) in [6.07, 6.45) is 6.97. The van der Waals surface area contributed by atoms with Crippen molar-refractivity contribution in [2.75, 3.05) is 26.3 Å². The van der Waals surface area contributed by atoms with Crippen LogP contribution in [0, 0.1) is 0 Å². The molecule has 2 aliphatic heterocycles. The van der Waals surface area contributed by atoms with Crippen molar-refractivity contribution in [2.24, 2.45) is 0 Å². The molecule has 2 atom stereocenters. The fourth-order valence-corrected chi connectivity index (χ4v) is 2.92. The number of nitrogens with zero attached hydrogens (tertiary/aromatic N) is 2. The average Bonchev–Trinajstić information content (AvgIpc) is 3.11. The van der Waals surface area contributed by atoms with E-state index >= 15 is 0 Å². The first-order chi connectivity index (χ1) is 9.34. The standard InChI is InChI=1S/C13H20N4O2/c18-13(10-6-14-15-7-10)16-11-8-19-9-12(11)17-4-2-1-3-5-17/h6-7,11-12H,1-5,8-9H2,(H,14,15)(H,16,18)/t11-,12-/m0/s1. The molecule has 1 amide bonds. The number of aromatic amines is 1. The lowest BCUT2D eigenvalue weighted by atomic mass is 10.0. The quantitative estimate of drug-likeness (QED) is 0.828. The summed E-state index contributed by atoms with van der Waals surface area (Å²) >= 11 is 0. The second-order valence-corrected chi connectivity index (χ2v) is 5.27. The van der Waals surface area contributed by atoms with Gasteiger partial charge in [-0.1, -0.05) is 6.42 Å².